The van der Waals surface area contributed by atoms with E-state index in [0.29, 0.717) is 50.6 Å². The van der Waals surface area contributed by atoms with Gasteiger partial charge in [0.05, 0.1) is 13.2 Å². The Balaban J connectivity index is 1.82. The van der Waals surface area contributed by atoms with Crippen LogP contribution in [0.25, 0.3) is 11.2 Å². The zero-order valence-corrected chi connectivity index (χ0v) is 19.4. The van der Waals surface area contributed by atoms with Crippen molar-refractivity contribution in [1.82, 2.24) is 23.6 Å². The maximum absolute atomic E-state index is 13.2. The number of hydrogen-bond donors (Lipinski definition) is 1. The summed E-state index contributed by atoms with van der Waals surface area (Å²) in [5, 5.41) is 0. The van der Waals surface area contributed by atoms with Gasteiger partial charge in [-0.2, -0.15) is 4.98 Å². The molecule has 0 spiro atoms. The number of piperidine rings is 1. The second-order valence-corrected chi connectivity index (χ2v) is 9.08. The van der Waals surface area contributed by atoms with Crippen LogP contribution in [-0.2, 0) is 24.9 Å². The van der Waals surface area contributed by atoms with E-state index in [2.05, 4.69) is 15.9 Å². The molecule has 2 aromatic rings. The van der Waals surface area contributed by atoms with Gasteiger partial charge in [-0.3, -0.25) is 18.8 Å². The number of ether oxygens (including phenoxy) is 1. The molecule has 176 valence electrons. The fourth-order valence-electron chi connectivity index (χ4n) is 4.49. The van der Waals surface area contributed by atoms with Crippen LogP contribution < -0.4 is 21.9 Å². The molecule has 2 aromatic heterocycles. The molecule has 2 fully saturated rings. The minimum absolute atomic E-state index is 0.0758. The summed E-state index contributed by atoms with van der Waals surface area (Å²) in [6.07, 6.45) is 4.04. The van der Waals surface area contributed by atoms with Crippen LogP contribution in [0.3, 0.4) is 0 Å². The maximum Gasteiger partial charge on any atom is 0.332 e. The molecular formula is C22H35N7O3. The third-order valence-electron chi connectivity index (χ3n) is 6.38. The lowest BCUT2D eigenvalue weighted by atomic mass is 10.1. The molecule has 0 radical (unpaired) electrons. The first-order valence-electron chi connectivity index (χ1n) is 11.5. The van der Waals surface area contributed by atoms with Gasteiger partial charge in [0.15, 0.2) is 11.2 Å². The molecule has 1 unspecified atom stereocenters. The standard InChI is InChI=1S/C22H35N7O3/c1-16(2)6-8-28-18-19(24-21(28)27-7-4-5-17(23)15-27)29(22(31)25(3)20(18)30)10-9-26-11-13-32-14-12-26/h6,17H,4-5,7-15,23H2,1-3H3. The zero-order valence-electron chi connectivity index (χ0n) is 19.4. The first kappa shape index (κ1) is 22.8. The summed E-state index contributed by atoms with van der Waals surface area (Å²) in [4.78, 5) is 35.6. The molecule has 4 heterocycles. The van der Waals surface area contributed by atoms with Crippen molar-refractivity contribution in [1.29, 1.82) is 0 Å². The van der Waals surface area contributed by atoms with Gasteiger partial charge in [-0.15, -0.1) is 0 Å². The summed E-state index contributed by atoms with van der Waals surface area (Å²) in [6.45, 7) is 10.4. The van der Waals surface area contributed by atoms with Crippen LogP contribution in [0.2, 0.25) is 0 Å². The van der Waals surface area contributed by atoms with Crippen LogP contribution in [-0.4, -0.2) is 75.6 Å². The number of imidazole rings is 1. The van der Waals surface area contributed by atoms with Crippen molar-refractivity contribution in [3.8, 4) is 0 Å². The van der Waals surface area contributed by atoms with Crippen LogP contribution in [0.15, 0.2) is 21.2 Å². The fraction of sp³-hybridized carbons (Fsp3) is 0.682. The Morgan fingerprint density at radius 3 is 2.59 bits per heavy atom. The number of nitrogens with zero attached hydrogens (tertiary/aromatic N) is 6. The minimum Gasteiger partial charge on any atom is -0.379 e. The highest BCUT2D eigenvalue weighted by Gasteiger charge is 2.26. The third-order valence-corrected chi connectivity index (χ3v) is 6.38. The Labute approximate surface area is 187 Å². The van der Waals surface area contributed by atoms with Crippen molar-refractivity contribution in [2.75, 3.05) is 50.8 Å². The Kier molecular flexibility index (Phi) is 6.82. The highest BCUT2D eigenvalue weighted by Crippen LogP contribution is 2.23. The molecule has 0 aromatic carbocycles. The topological polar surface area (TPSA) is 104 Å². The number of hydrogen-bond acceptors (Lipinski definition) is 7. The van der Waals surface area contributed by atoms with E-state index in [1.165, 1.54) is 4.57 Å². The summed E-state index contributed by atoms with van der Waals surface area (Å²) >= 11 is 0. The maximum atomic E-state index is 13.2. The van der Waals surface area contributed by atoms with Gasteiger partial charge in [0, 0.05) is 58.9 Å². The molecule has 0 bridgehead atoms. The highest BCUT2D eigenvalue weighted by molar-refractivity contribution is 5.75. The van der Waals surface area contributed by atoms with Crippen molar-refractivity contribution >= 4 is 17.1 Å². The summed E-state index contributed by atoms with van der Waals surface area (Å²) in [5.41, 5.74) is 7.69. The first-order chi connectivity index (χ1) is 15.4. The van der Waals surface area contributed by atoms with E-state index in [9.17, 15) is 9.59 Å². The molecular weight excluding hydrogens is 410 g/mol. The third kappa shape index (κ3) is 4.53. The van der Waals surface area contributed by atoms with Crippen molar-refractivity contribution in [3.05, 3.63) is 32.5 Å². The molecule has 2 saturated heterocycles. The lowest BCUT2D eigenvalue weighted by Gasteiger charge is -2.31. The van der Waals surface area contributed by atoms with Gasteiger partial charge >= 0.3 is 5.69 Å². The first-order valence-corrected chi connectivity index (χ1v) is 11.5. The van der Waals surface area contributed by atoms with Crippen LogP contribution >= 0.6 is 0 Å². The SMILES string of the molecule is CC(C)=CCn1c(N2CCCC(N)C2)nc2c1c(=O)n(C)c(=O)n2CCN1CCOCC1. The zero-order chi connectivity index (χ0) is 22.8. The predicted molar refractivity (Wildman–Crippen MR) is 125 cm³/mol. The largest absolute Gasteiger partial charge is 0.379 e. The molecule has 0 amide bonds. The molecule has 2 aliphatic rings. The second-order valence-electron chi connectivity index (χ2n) is 9.08. The molecule has 4 rings (SSSR count). The van der Waals surface area contributed by atoms with Gasteiger partial charge in [0.1, 0.15) is 0 Å². The predicted octanol–water partition coefficient (Wildman–Crippen LogP) is 0.123. The normalized spacial score (nSPS) is 20.1. The van der Waals surface area contributed by atoms with Gasteiger partial charge < -0.3 is 19.9 Å². The quantitative estimate of drug-likeness (QED) is 0.630. The number of aromatic nitrogens is 4. The summed E-state index contributed by atoms with van der Waals surface area (Å²) in [6, 6.07) is 0.0758. The van der Waals surface area contributed by atoms with E-state index in [0.717, 1.165) is 44.0 Å². The second kappa shape index (κ2) is 9.60. The lowest BCUT2D eigenvalue weighted by molar-refractivity contribution is 0.0363. The van der Waals surface area contributed by atoms with Crippen molar-refractivity contribution in [2.45, 2.75) is 45.8 Å². The van der Waals surface area contributed by atoms with E-state index < -0.39 is 0 Å². The van der Waals surface area contributed by atoms with Crippen molar-refractivity contribution < 1.29 is 4.74 Å². The van der Waals surface area contributed by atoms with Gasteiger partial charge in [-0.1, -0.05) is 11.6 Å². The molecule has 10 heteroatoms. The molecule has 1 atom stereocenters. The number of morpholine rings is 1. The highest BCUT2D eigenvalue weighted by atomic mass is 16.5. The monoisotopic (exact) mass is 445 g/mol. The van der Waals surface area contributed by atoms with E-state index in [-0.39, 0.29) is 17.3 Å². The Hall–Kier alpha value is -2.43. The lowest BCUT2D eigenvalue weighted by Crippen LogP contribution is -2.44. The summed E-state index contributed by atoms with van der Waals surface area (Å²) < 4.78 is 10.2. The van der Waals surface area contributed by atoms with Gasteiger partial charge in [-0.25, -0.2) is 4.79 Å². The smallest absolute Gasteiger partial charge is 0.332 e. The van der Waals surface area contributed by atoms with Crippen LogP contribution in [0.1, 0.15) is 26.7 Å². The molecule has 10 nitrogen and oxygen atoms in total. The average molecular weight is 446 g/mol. The Bertz CT molecular complexity index is 1100. The molecule has 32 heavy (non-hydrogen) atoms. The van der Waals surface area contributed by atoms with Crippen molar-refractivity contribution in [2.24, 2.45) is 12.8 Å². The number of nitrogens with two attached hydrogens (primary N) is 1. The van der Waals surface area contributed by atoms with E-state index >= 15 is 0 Å². The number of allylic oxidation sites excluding steroid dienone is 2. The fourth-order valence-corrected chi connectivity index (χ4v) is 4.49. The molecule has 2 aliphatic heterocycles. The summed E-state index contributed by atoms with van der Waals surface area (Å²) in [5.74, 6) is 0.718. The minimum atomic E-state index is -0.329. The van der Waals surface area contributed by atoms with E-state index in [1.807, 2.05) is 18.4 Å². The van der Waals surface area contributed by atoms with E-state index in [4.69, 9.17) is 15.5 Å². The van der Waals surface area contributed by atoms with Gasteiger partial charge in [0.25, 0.3) is 5.56 Å². The Morgan fingerprint density at radius 2 is 1.91 bits per heavy atom. The van der Waals surface area contributed by atoms with Crippen LogP contribution in [0.5, 0.6) is 0 Å². The number of rotatable bonds is 6. The average Bonchev–Trinajstić information content (AvgIpc) is 3.16. The van der Waals surface area contributed by atoms with E-state index in [1.54, 1.807) is 11.6 Å². The molecule has 0 saturated carbocycles. The Morgan fingerprint density at radius 1 is 1.16 bits per heavy atom. The van der Waals surface area contributed by atoms with Gasteiger partial charge in [0.2, 0.25) is 5.95 Å². The van der Waals surface area contributed by atoms with Crippen molar-refractivity contribution in [3.63, 3.8) is 0 Å². The molecule has 0 aliphatic carbocycles. The number of anilines is 1. The summed E-state index contributed by atoms with van der Waals surface area (Å²) in [7, 11) is 1.55. The van der Waals surface area contributed by atoms with Crippen LogP contribution in [0, 0.1) is 0 Å². The molecule has 2 N–H and O–H groups in total. The van der Waals surface area contributed by atoms with Crippen LogP contribution in [0.4, 0.5) is 5.95 Å². The number of fused-ring (bicyclic) bond motifs is 1. The van der Waals surface area contributed by atoms with Gasteiger partial charge in [-0.05, 0) is 26.7 Å².